The maximum Gasteiger partial charge on any atom is 0.254 e. The van der Waals surface area contributed by atoms with E-state index >= 15 is 0 Å². The zero-order chi connectivity index (χ0) is 54.2. The number of carbonyl (C=O) groups is 2. The number of phenolic OH excluding ortho intramolecular Hbond substituents is 1. The van der Waals surface area contributed by atoms with E-state index in [2.05, 4.69) is 74.3 Å². The van der Waals surface area contributed by atoms with Crippen LogP contribution in [0.3, 0.4) is 0 Å². The average Bonchev–Trinajstić information content (AvgIpc) is 4.31. The standard InChI is InChI=1S/C57H71N13O7S/c1-33(2)53(57(74)69-31-42(71)23-48(69)56(73)62-35(4)38-10-13-45(60-26-38)54-36(5)61-32-78-54)50-25-52(65-77-50)75-19-18-67-17-16-66(27-34(67)3)28-37-20-43(21-37)76-51-22-39(14-15-59-51)70-40-11-12-41(70)30-68(29-40)47-24-46(63-64-55(47)58)44-8-6-7-9-49(44)72/h6-10,13-15,22,24-26,32-35,37,40-43,48,53,71-72H,11-12,16-21,23,27-31H2,1-5H3,(H2,58,64)(H,62,73)/t34-,35-,37?,40?,41?,42+,43?,48-,53+/m0/s1. The second-order valence-corrected chi connectivity index (χ2v) is 23.2. The number of rotatable bonds is 18. The van der Waals surface area contributed by atoms with Crippen molar-refractivity contribution in [2.45, 2.75) is 115 Å². The first-order valence-corrected chi connectivity index (χ1v) is 28.4. The zero-order valence-corrected chi connectivity index (χ0v) is 45.8. The topological polar surface area (TPSA) is 238 Å². The van der Waals surface area contributed by atoms with Crippen LogP contribution in [0.1, 0.15) is 88.8 Å². The number of nitrogens with two attached hydrogens (primary N) is 1. The van der Waals surface area contributed by atoms with Gasteiger partial charge in [-0.1, -0.05) is 32.0 Å². The minimum atomic E-state index is -0.847. The van der Waals surface area contributed by atoms with Crippen molar-refractivity contribution in [2.24, 2.45) is 11.8 Å². The number of hydrogen-bond acceptors (Lipinski definition) is 19. The van der Waals surface area contributed by atoms with Crippen LogP contribution in [0, 0.1) is 18.8 Å². The van der Waals surface area contributed by atoms with Gasteiger partial charge in [0.25, 0.3) is 5.88 Å². The van der Waals surface area contributed by atoms with Crippen molar-refractivity contribution < 1.29 is 33.8 Å². The molecule has 9 heterocycles. The molecule has 20 nitrogen and oxygen atoms in total. The molecule has 1 aromatic carbocycles. The van der Waals surface area contributed by atoms with Gasteiger partial charge in [0.2, 0.25) is 17.7 Å². The number of nitrogen functional groups attached to an aromatic ring is 1. The molecule has 6 aromatic rings. The summed E-state index contributed by atoms with van der Waals surface area (Å²) in [5, 5.41) is 37.0. The van der Waals surface area contributed by atoms with E-state index in [-0.39, 0.29) is 48.6 Å². The number of β-amino-alcohol motifs (C(OH)–C–C–N with tert-alkyl or cyclic N) is 1. The van der Waals surface area contributed by atoms with Crippen molar-refractivity contribution in [2.75, 3.05) is 74.5 Å². The Morgan fingerprint density at radius 2 is 1.73 bits per heavy atom. The van der Waals surface area contributed by atoms with Gasteiger partial charge in [0.15, 0.2) is 11.6 Å². The highest BCUT2D eigenvalue weighted by atomic mass is 32.1. The Morgan fingerprint density at radius 3 is 2.46 bits per heavy atom. The highest BCUT2D eigenvalue weighted by Crippen LogP contribution is 2.41. The fourth-order valence-electron chi connectivity index (χ4n) is 12.3. The molecule has 5 aromatic heterocycles. The number of pyridine rings is 2. The SMILES string of the molecule is Cc1ncsc1-c1ccc([C@H](C)NC(=O)[C@@H]2C[C@@H](O)CN2C(=O)[C@@H](c2cc(OCCN3CCN(CC4CC(Oc5cc(N6C7CCC6CN(c6cc(-c8ccccc8O)nnc6N)C7)ccn5)C4)C[C@@H]3C)no2)C(C)C)cn1. The number of thiazole rings is 1. The van der Waals surface area contributed by atoms with E-state index in [4.69, 9.17) is 19.7 Å². The first-order valence-electron chi connectivity index (χ1n) is 27.5. The number of amides is 2. The van der Waals surface area contributed by atoms with E-state index in [9.17, 15) is 19.8 Å². The van der Waals surface area contributed by atoms with Crippen molar-refractivity contribution in [3.63, 3.8) is 0 Å². The molecular weight excluding hydrogens is 1010 g/mol. The molecule has 4 aliphatic heterocycles. The zero-order valence-electron chi connectivity index (χ0n) is 45.0. The van der Waals surface area contributed by atoms with Crippen LogP contribution in [0.5, 0.6) is 17.5 Å². The number of hydrogen-bond donors (Lipinski definition) is 4. The number of aliphatic hydroxyl groups excluding tert-OH is 1. The average molecular weight is 1080 g/mol. The highest BCUT2D eigenvalue weighted by Gasteiger charge is 2.45. The summed E-state index contributed by atoms with van der Waals surface area (Å²) in [4.78, 5) is 53.9. The molecule has 5 aliphatic rings. The van der Waals surface area contributed by atoms with Crippen LogP contribution in [0.25, 0.3) is 21.8 Å². The van der Waals surface area contributed by atoms with E-state index in [1.54, 1.807) is 29.9 Å². The molecule has 11 rings (SSSR count). The minimum absolute atomic E-state index is 0.0442. The number of aryl methyl sites for hydroxylation is 1. The third kappa shape index (κ3) is 11.3. The third-order valence-corrected chi connectivity index (χ3v) is 17.5. The predicted octanol–water partition coefficient (Wildman–Crippen LogP) is 6.32. The molecule has 5 fully saturated rings. The second kappa shape index (κ2) is 22.8. The number of ether oxygens (including phenoxy) is 2. The Bertz CT molecular complexity index is 3050. The number of piperazine rings is 2. The van der Waals surface area contributed by atoms with Crippen LogP contribution < -0.4 is 30.3 Å². The number of aromatic nitrogens is 6. The predicted molar refractivity (Wildman–Crippen MR) is 296 cm³/mol. The van der Waals surface area contributed by atoms with Gasteiger partial charge in [0, 0.05) is 113 Å². The van der Waals surface area contributed by atoms with E-state index in [0.717, 1.165) is 105 Å². The summed E-state index contributed by atoms with van der Waals surface area (Å²) >= 11 is 1.53. The van der Waals surface area contributed by atoms with Gasteiger partial charge in [-0.05, 0) is 99.3 Å². The lowest BCUT2D eigenvalue weighted by Crippen LogP contribution is -2.54. The monoisotopic (exact) mass is 1080 g/mol. The minimum Gasteiger partial charge on any atom is -0.507 e. The number of aliphatic hydroxyl groups is 1. The fourth-order valence-corrected chi connectivity index (χ4v) is 13.1. The summed E-state index contributed by atoms with van der Waals surface area (Å²) in [5.74, 6) is 0.924. The van der Waals surface area contributed by atoms with E-state index in [1.165, 1.54) is 16.2 Å². The lowest BCUT2D eigenvalue weighted by Gasteiger charge is -2.44. The Morgan fingerprint density at radius 1 is 0.923 bits per heavy atom. The quantitative estimate of drug-likeness (QED) is 0.0737. The summed E-state index contributed by atoms with van der Waals surface area (Å²) in [6.45, 7) is 16.6. The number of benzene rings is 1. The van der Waals surface area contributed by atoms with E-state index < -0.39 is 18.1 Å². The number of anilines is 3. The molecule has 7 atom stereocenters. The molecular formula is C57H71N13O7S. The number of phenols is 1. The number of para-hydroxylation sites is 1. The second-order valence-electron chi connectivity index (χ2n) is 22.3. The molecule has 412 valence electrons. The summed E-state index contributed by atoms with van der Waals surface area (Å²) < 4.78 is 18.4. The van der Waals surface area contributed by atoms with Crippen LogP contribution in [-0.4, -0.2) is 162 Å². The van der Waals surface area contributed by atoms with Gasteiger partial charge in [-0.3, -0.25) is 19.5 Å². The molecule has 5 N–H and O–H groups in total. The van der Waals surface area contributed by atoms with Crippen molar-refractivity contribution in [3.05, 3.63) is 95.6 Å². The van der Waals surface area contributed by atoms with Crippen molar-refractivity contribution in [3.8, 4) is 39.3 Å². The van der Waals surface area contributed by atoms with Gasteiger partial charge < -0.3 is 54.9 Å². The Labute approximate surface area is 459 Å². The Balaban J connectivity index is 0.610. The smallest absolute Gasteiger partial charge is 0.254 e. The lowest BCUT2D eigenvalue weighted by atomic mass is 9.81. The van der Waals surface area contributed by atoms with Crippen LogP contribution in [-0.2, 0) is 9.59 Å². The van der Waals surface area contributed by atoms with Crippen LogP contribution in [0.2, 0.25) is 0 Å². The number of nitrogens with one attached hydrogen (secondary N) is 1. The van der Waals surface area contributed by atoms with Crippen LogP contribution in [0.15, 0.2) is 83.1 Å². The third-order valence-electron chi connectivity index (χ3n) is 16.5. The van der Waals surface area contributed by atoms with Gasteiger partial charge in [0.05, 0.1) is 45.3 Å². The molecule has 2 unspecified atom stereocenters. The fraction of sp³-hybridized carbons (Fsp3) is 0.509. The largest absolute Gasteiger partial charge is 0.507 e. The van der Waals surface area contributed by atoms with Crippen molar-refractivity contribution in [1.82, 2.24) is 50.3 Å². The number of carbonyl (C=O) groups excluding carboxylic acids is 2. The van der Waals surface area contributed by atoms with Gasteiger partial charge in [-0.2, -0.15) is 0 Å². The molecule has 0 radical (unpaired) electrons. The first-order chi connectivity index (χ1) is 37.7. The molecule has 21 heteroatoms. The normalized spacial score (nSPS) is 24.3. The van der Waals surface area contributed by atoms with Gasteiger partial charge >= 0.3 is 0 Å². The van der Waals surface area contributed by atoms with Crippen molar-refractivity contribution >= 4 is 40.3 Å². The van der Waals surface area contributed by atoms with Crippen LogP contribution in [0.4, 0.5) is 17.2 Å². The van der Waals surface area contributed by atoms with Crippen LogP contribution >= 0.6 is 11.3 Å². The van der Waals surface area contributed by atoms with Gasteiger partial charge in [-0.15, -0.1) is 21.5 Å². The number of nitrogens with zero attached hydrogens (tertiary/aromatic N) is 11. The molecule has 0 spiro atoms. The number of fused-ring (bicyclic) bond motifs is 2. The molecule has 1 saturated carbocycles. The van der Waals surface area contributed by atoms with Crippen molar-refractivity contribution in [1.29, 1.82) is 0 Å². The van der Waals surface area contributed by atoms with Gasteiger partial charge in [-0.25, -0.2) is 9.97 Å². The summed E-state index contributed by atoms with van der Waals surface area (Å²) in [5.41, 5.74) is 14.0. The molecule has 2 amide bonds. The molecule has 78 heavy (non-hydrogen) atoms. The van der Waals surface area contributed by atoms with Gasteiger partial charge in [0.1, 0.15) is 30.4 Å². The lowest BCUT2D eigenvalue weighted by molar-refractivity contribution is -0.141. The summed E-state index contributed by atoms with van der Waals surface area (Å²) in [6.07, 6.45) is 7.22. The summed E-state index contributed by atoms with van der Waals surface area (Å²) in [7, 11) is 0. The molecule has 4 saturated heterocycles. The maximum absolute atomic E-state index is 14.3. The summed E-state index contributed by atoms with van der Waals surface area (Å²) in [6, 6.07) is 18.6. The highest BCUT2D eigenvalue weighted by molar-refractivity contribution is 7.13. The van der Waals surface area contributed by atoms with E-state index in [1.807, 2.05) is 64.2 Å². The number of likely N-dealkylation sites (tertiary alicyclic amines) is 1. The Kier molecular flexibility index (Phi) is 15.5. The maximum atomic E-state index is 14.3. The number of aromatic hydroxyl groups is 1. The Hall–Kier alpha value is -6.94. The molecule has 2 bridgehead atoms. The first kappa shape index (κ1) is 53.1. The van der Waals surface area contributed by atoms with E-state index in [0.29, 0.717) is 65.2 Å². The molecule has 1 aliphatic carbocycles.